The van der Waals surface area contributed by atoms with E-state index in [0.717, 1.165) is 22.7 Å². The summed E-state index contributed by atoms with van der Waals surface area (Å²) in [4.78, 5) is 17.5. The quantitative estimate of drug-likeness (QED) is 0.846. The topological polar surface area (TPSA) is 53.4 Å². The van der Waals surface area contributed by atoms with Crippen molar-refractivity contribution in [3.8, 4) is 10.6 Å². The Morgan fingerprint density at radius 3 is 2.55 bits per heavy atom. The molecule has 0 aliphatic heterocycles. The van der Waals surface area contributed by atoms with Crippen LogP contribution in [0.5, 0.6) is 0 Å². The molecule has 0 unspecified atom stereocenters. The lowest BCUT2D eigenvalue weighted by Gasteiger charge is -2.23. The molecule has 0 amide bonds. The smallest absolute Gasteiger partial charge is 0.317 e. The van der Waals surface area contributed by atoms with Crippen LogP contribution < -0.4 is 0 Å². The minimum absolute atomic E-state index is 0.0374. The third kappa shape index (κ3) is 4.39. The Morgan fingerprint density at radius 2 is 2.00 bits per heavy atom. The van der Waals surface area contributed by atoms with Gasteiger partial charge in [-0.1, -0.05) is 31.2 Å². The summed E-state index contributed by atoms with van der Waals surface area (Å²) in [6.45, 7) is 6.74. The lowest BCUT2D eigenvalue weighted by atomic mass is 10.1. The molecule has 0 saturated heterocycles. The molecule has 0 fully saturated rings. The molecule has 0 spiro atoms. The first-order valence-corrected chi connectivity index (χ1v) is 8.37. The van der Waals surface area contributed by atoms with Crippen LogP contribution in [0.15, 0.2) is 29.6 Å². The van der Waals surface area contributed by atoms with Crippen LogP contribution in [0.25, 0.3) is 10.6 Å². The van der Waals surface area contributed by atoms with Gasteiger partial charge in [0.15, 0.2) is 0 Å². The van der Waals surface area contributed by atoms with Gasteiger partial charge in [0, 0.05) is 23.5 Å². The van der Waals surface area contributed by atoms with Crippen molar-refractivity contribution in [2.45, 2.75) is 39.8 Å². The highest BCUT2D eigenvalue weighted by molar-refractivity contribution is 7.13. The van der Waals surface area contributed by atoms with Crippen molar-refractivity contribution < 1.29 is 9.90 Å². The Morgan fingerprint density at radius 1 is 1.32 bits per heavy atom. The summed E-state index contributed by atoms with van der Waals surface area (Å²) in [6, 6.07) is 8.62. The molecule has 0 aliphatic rings. The highest BCUT2D eigenvalue weighted by Crippen LogP contribution is 2.25. The molecule has 1 N–H and O–H groups in total. The number of nitrogens with zero attached hydrogens (tertiary/aromatic N) is 2. The second-order valence-electron chi connectivity index (χ2n) is 5.59. The van der Waals surface area contributed by atoms with Crippen LogP contribution in [-0.4, -0.2) is 33.5 Å². The van der Waals surface area contributed by atoms with Crippen LogP contribution >= 0.6 is 11.3 Å². The zero-order valence-corrected chi connectivity index (χ0v) is 14.1. The molecule has 2 rings (SSSR count). The molecule has 1 aromatic carbocycles. The number of thiazole rings is 1. The van der Waals surface area contributed by atoms with Crippen molar-refractivity contribution in [1.82, 2.24) is 9.88 Å². The number of carboxylic acid groups (broad SMARTS) is 1. The minimum Gasteiger partial charge on any atom is -0.480 e. The van der Waals surface area contributed by atoms with Crippen LogP contribution in [0.3, 0.4) is 0 Å². The van der Waals surface area contributed by atoms with Gasteiger partial charge in [0.1, 0.15) is 5.01 Å². The van der Waals surface area contributed by atoms with E-state index in [1.54, 1.807) is 11.3 Å². The summed E-state index contributed by atoms with van der Waals surface area (Å²) in [7, 11) is 0. The van der Waals surface area contributed by atoms with Crippen molar-refractivity contribution in [1.29, 1.82) is 0 Å². The Labute approximate surface area is 135 Å². The van der Waals surface area contributed by atoms with Crippen molar-refractivity contribution in [2.24, 2.45) is 0 Å². The first-order chi connectivity index (χ1) is 10.5. The SMILES string of the molecule is CCc1ccc(-c2nc(CN(CC(=O)O)C(C)C)cs2)cc1. The average molecular weight is 318 g/mol. The highest BCUT2D eigenvalue weighted by atomic mass is 32.1. The lowest BCUT2D eigenvalue weighted by Crippen LogP contribution is -2.35. The van der Waals surface area contributed by atoms with Gasteiger partial charge in [-0.2, -0.15) is 0 Å². The summed E-state index contributed by atoms with van der Waals surface area (Å²) < 4.78 is 0. The van der Waals surface area contributed by atoms with Gasteiger partial charge in [0.05, 0.1) is 12.2 Å². The first-order valence-electron chi connectivity index (χ1n) is 7.49. The van der Waals surface area contributed by atoms with Crippen molar-refractivity contribution >= 4 is 17.3 Å². The summed E-state index contributed by atoms with van der Waals surface area (Å²) in [5.41, 5.74) is 3.35. The van der Waals surface area contributed by atoms with Crippen LogP contribution in [0.1, 0.15) is 32.0 Å². The number of carboxylic acids is 1. The van der Waals surface area contributed by atoms with E-state index >= 15 is 0 Å². The monoisotopic (exact) mass is 318 g/mol. The fourth-order valence-electron chi connectivity index (χ4n) is 2.20. The largest absolute Gasteiger partial charge is 0.480 e. The van der Waals surface area contributed by atoms with Crippen LogP contribution in [0.4, 0.5) is 0 Å². The maximum absolute atomic E-state index is 10.9. The van der Waals surface area contributed by atoms with Gasteiger partial charge in [-0.05, 0) is 25.8 Å². The van der Waals surface area contributed by atoms with E-state index in [1.807, 2.05) is 24.1 Å². The third-order valence-electron chi connectivity index (χ3n) is 3.59. The lowest BCUT2D eigenvalue weighted by molar-refractivity contribution is -0.138. The standard InChI is InChI=1S/C17H22N2O2S/c1-4-13-5-7-14(8-6-13)17-18-15(11-22-17)9-19(12(2)3)10-16(20)21/h5-8,11-12H,4,9-10H2,1-3H3,(H,20,21). The molecule has 22 heavy (non-hydrogen) atoms. The van der Waals surface area contributed by atoms with E-state index < -0.39 is 5.97 Å². The second-order valence-corrected chi connectivity index (χ2v) is 6.45. The first kappa shape index (κ1) is 16.6. The molecular weight excluding hydrogens is 296 g/mol. The van der Waals surface area contributed by atoms with Gasteiger partial charge in [-0.25, -0.2) is 4.98 Å². The Bertz CT molecular complexity index is 620. The predicted molar refractivity (Wildman–Crippen MR) is 90.1 cm³/mol. The van der Waals surface area contributed by atoms with Crippen molar-refractivity contribution in [3.05, 3.63) is 40.9 Å². The fraction of sp³-hybridized carbons (Fsp3) is 0.412. The number of aliphatic carboxylic acids is 1. The summed E-state index contributed by atoms with van der Waals surface area (Å²) >= 11 is 1.60. The number of aromatic nitrogens is 1. The molecule has 1 heterocycles. The molecule has 0 radical (unpaired) electrons. The van der Waals surface area contributed by atoms with E-state index in [2.05, 4.69) is 36.2 Å². The van der Waals surface area contributed by atoms with Gasteiger partial charge in [-0.15, -0.1) is 11.3 Å². The Hall–Kier alpha value is -1.72. The Kier molecular flexibility index (Phi) is 5.69. The van der Waals surface area contributed by atoms with E-state index in [1.165, 1.54) is 5.56 Å². The van der Waals surface area contributed by atoms with Gasteiger partial charge in [0.25, 0.3) is 0 Å². The van der Waals surface area contributed by atoms with Gasteiger partial charge < -0.3 is 5.11 Å². The normalized spacial score (nSPS) is 11.3. The molecule has 0 saturated carbocycles. The molecule has 0 bridgehead atoms. The fourth-order valence-corrected chi connectivity index (χ4v) is 3.02. The number of aryl methyl sites for hydroxylation is 1. The molecule has 1 aromatic heterocycles. The van der Waals surface area contributed by atoms with Crippen molar-refractivity contribution in [3.63, 3.8) is 0 Å². The summed E-state index contributed by atoms with van der Waals surface area (Å²) in [5.74, 6) is -0.806. The maximum atomic E-state index is 10.9. The number of hydrogen-bond donors (Lipinski definition) is 1. The molecule has 0 atom stereocenters. The average Bonchev–Trinajstić information content (AvgIpc) is 2.94. The van der Waals surface area contributed by atoms with E-state index in [9.17, 15) is 4.79 Å². The molecular formula is C17H22N2O2S. The van der Waals surface area contributed by atoms with E-state index in [4.69, 9.17) is 5.11 Å². The molecule has 5 heteroatoms. The molecule has 2 aromatic rings. The van der Waals surface area contributed by atoms with Crippen LogP contribution in [-0.2, 0) is 17.8 Å². The van der Waals surface area contributed by atoms with Gasteiger partial charge in [0.2, 0.25) is 0 Å². The van der Waals surface area contributed by atoms with Crippen molar-refractivity contribution in [2.75, 3.05) is 6.54 Å². The van der Waals surface area contributed by atoms with Crippen LogP contribution in [0.2, 0.25) is 0 Å². The van der Waals surface area contributed by atoms with E-state index in [0.29, 0.717) is 6.54 Å². The number of carbonyl (C=O) groups is 1. The molecule has 4 nitrogen and oxygen atoms in total. The highest BCUT2D eigenvalue weighted by Gasteiger charge is 2.15. The van der Waals surface area contributed by atoms with Gasteiger partial charge in [-0.3, -0.25) is 9.69 Å². The molecule has 118 valence electrons. The third-order valence-corrected chi connectivity index (χ3v) is 4.53. The molecule has 0 aliphatic carbocycles. The minimum atomic E-state index is -0.806. The van der Waals surface area contributed by atoms with Gasteiger partial charge >= 0.3 is 5.97 Å². The van der Waals surface area contributed by atoms with Crippen LogP contribution in [0, 0.1) is 0 Å². The number of hydrogen-bond acceptors (Lipinski definition) is 4. The maximum Gasteiger partial charge on any atom is 0.317 e. The number of rotatable bonds is 7. The zero-order valence-electron chi connectivity index (χ0n) is 13.2. The Balaban J connectivity index is 2.11. The zero-order chi connectivity index (χ0) is 16.1. The van der Waals surface area contributed by atoms with E-state index in [-0.39, 0.29) is 12.6 Å². The second kappa shape index (κ2) is 7.51. The number of benzene rings is 1. The predicted octanol–water partition coefficient (Wildman–Crippen LogP) is 3.67. The summed E-state index contributed by atoms with van der Waals surface area (Å²) in [5, 5.41) is 12.0. The summed E-state index contributed by atoms with van der Waals surface area (Å²) in [6.07, 6.45) is 1.03.